The molecule has 4 rings (SSSR count). The van der Waals surface area contributed by atoms with Crippen LogP contribution in [0.1, 0.15) is 11.3 Å². The maximum absolute atomic E-state index is 13.1. The molecule has 0 fully saturated rings. The lowest BCUT2D eigenvalue weighted by atomic mass is 10.1. The van der Waals surface area contributed by atoms with Crippen molar-refractivity contribution in [1.29, 1.82) is 0 Å². The molecule has 0 amide bonds. The zero-order valence-electron chi connectivity index (χ0n) is 13.4. The van der Waals surface area contributed by atoms with Gasteiger partial charge < -0.3 is 4.52 Å². The van der Waals surface area contributed by atoms with Crippen LogP contribution in [0, 0.1) is 13.8 Å². The van der Waals surface area contributed by atoms with Gasteiger partial charge in [-0.15, -0.1) is 0 Å². The lowest BCUT2D eigenvalue weighted by Crippen LogP contribution is -2.21. The average molecular weight is 317 g/mol. The van der Waals surface area contributed by atoms with Crippen LogP contribution in [0.5, 0.6) is 0 Å². The minimum atomic E-state index is -0.168. The summed E-state index contributed by atoms with van der Waals surface area (Å²) >= 11 is 0. The van der Waals surface area contributed by atoms with Crippen molar-refractivity contribution in [2.45, 2.75) is 13.8 Å². The second kappa shape index (κ2) is 5.45. The molecule has 2 aromatic heterocycles. The van der Waals surface area contributed by atoms with E-state index in [9.17, 15) is 4.79 Å². The summed E-state index contributed by atoms with van der Waals surface area (Å²) in [6, 6.07) is 17.0. The zero-order valence-corrected chi connectivity index (χ0v) is 13.4. The molecule has 118 valence electrons. The first-order chi connectivity index (χ1) is 11.6. The van der Waals surface area contributed by atoms with Gasteiger partial charge in [0.2, 0.25) is 5.88 Å². The van der Waals surface area contributed by atoms with Crippen LogP contribution in [-0.2, 0) is 0 Å². The molecule has 0 saturated carbocycles. The Balaban J connectivity index is 2.13. The summed E-state index contributed by atoms with van der Waals surface area (Å²) in [6.07, 6.45) is 0. The monoisotopic (exact) mass is 317 g/mol. The molecule has 24 heavy (non-hydrogen) atoms. The maximum Gasteiger partial charge on any atom is 0.268 e. The fourth-order valence-corrected chi connectivity index (χ4v) is 2.74. The van der Waals surface area contributed by atoms with E-state index in [0.29, 0.717) is 28.3 Å². The molecule has 0 N–H and O–H groups in total. The average Bonchev–Trinajstić information content (AvgIpc) is 3.02. The van der Waals surface area contributed by atoms with Crippen molar-refractivity contribution in [3.63, 3.8) is 0 Å². The molecule has 0 saturated heterocycles. The number of benzene rings is 2. The number of aromatic nitrogens is 3. The van der Waals surface area contributed by atoms with Gasteiger partial charge in [0, 0.05) is 11.6 Å². The Bertz CT molecular complexity index is 1090. The van der Waals surface area contributed by atoms with Gasteiger partial charge in [0.1, 0.15) is 0 Å². The Morgan fingerprint density at radius 2 is 1.79 bits per heavy atom. The molecule has 0 unspecified atom stereocenters. The van der Waals surface area contributed by atoms with Crippen molar-refractivity contribution >= 4 is 10.9 Å². The Hall–Kier alpha value is -3.21. The quantitative estimate of drug-likeness (QED) is 0.566. The first-order valence-electron chi connectivity index (χ1n) is 7.66. The van der Waals surface area contributed by atoms with Crippen molar-refractivity contribution in [3.05, 3.63) is 76.2 Å². The zero-order chi connectivity index (χ0) is 16.7. The number of aryl methyl sites for hydroxylation is 2. The third-order valence-electron chi connectivity index (χ3n) is 3.89. The largest absolute Gasteiger partial charge is 0.338 e. The van der Waals surface area contributed by atoms with Crippen LogP contribution in [0.4, 0.5) is 0 Å². The first-order valence-corrected chi connectivity index (χ1v) is 7.66. The lowest BCUT2D eigenvalue weighted by molar-refractivity contribution is 0.400. The highest BCUT2D eigenvalue weighted by atomic mass is 16.5. The van der Waals surface area contributed by atoms with Crippen molar-refractivity contribution in [3.8, 4) is 17.3 Å². The molecule has 0 bridgehead atoms. The predicted molar refractivity (Wildman–Crippen MR) is 92.3 cm³/mol. The molecule has 0 aliphatic carbocycles. The van der Waals surface area contributed by atoms with Gasteiger partial charge in [-0.1, -0.05) is 47.1 Å². The van der Waals surface area contributed by atoms with Gasteiger partial charge in [0.15, 0.2) is 5.82 Å². The SMILES string of the molecule is Cc1ccc2nc(-c3ccccc3)n(-c3cc(C)no3)c(=O)c2c1. The van der Waals surface area contributed by atoms with Gasteiger partial charge in [0.05, 0.1) is 16.6 Å². The van der Waals surface area contributed by atoms with E-state index in [1.807, 2.05) is 62.4 Å². The van der Waals surface area contributed by atoms with Crippen LogP contribution >= 0.6 is 0 Å². The molecule has 2 heterocycles. The Morgan fingerprint density at radius 3 is 2.50 bits per heavy atom. The highest BCUT2D eigenvalue weighted by Gasteiger charge is 2.17. The first kappa shape index (κ1) is 14.4. The molecular weight excluding hydrogens is 302 g/mol. The summed E-state index contributed by atoms with van der Waals surface area (Å²) in [4.78, 5) is 17.8. The third-order valence-corrected chi connectivity index (χ3v) is 3.89. The molecule has 5 nitrogen and oxygen atoms in total. The third kappa shape index (κ3) is 2.31. The molecule has 0 aliphatic rings. The topological polar surface area (TPSA) is 60.9 Å². The normalized spacial score (nSPS) is 11.1. The van der Waals surface area contributed by atoms with Crippen LogP contribution < -0.4 is 5.56 Å². The van der Waals surface area contributed by atoms with Crippen LogP contribution in [0.2, 0.25) is 0 Å². The molecule has 4 aromatic rings. The lowest BCUT2D eigenvalue weighted by Gasteiger charge is -2.11. The summed E-state index contributed by atoms with van der Waals surface area (Å²) in [7, 11) is 0. The summed E-state index contributed by atoms with van der Waals surface area (Å²) < 4.78 is 6.83. The van der Waals surface area contributed by atoms with Gasteiger partial charge in [-0.2, -0.15) is 0 Å². The van der Waals surface area contributed by atoms with Crippen molar-refractivity contribution in [2.75, 3.05) is 0 Å². The summed E-state index contributed by atoms with van der Waals surface area (Å²) in [5, 5.41) is 4.46. The molecule has 0 aliphatic heterocycles. The molecule has 0 atom stereocenters. The standard InChI is InChI=1S/C19H15N3O2/c1-12-8-9-16-15(10-12)19(23)22(17-11-13(2)21-24-17)18(20-16)14-6-4-3-5-7-14/h3-11H,1-2H3. The fraction of sp³-hybridized carbons (Fsp3) is 0.105. The van der Waals surface area contributed by atoms with Crippen LogP contribution in [-0.4, -0.2) is 14.7 Å². The minimum absolute atomic E-state index is 0.168. The van der Waals surface area contributed by atoms with Crippen LogP contribution in [0.3, 0.4) is 0 Å². The molecule has 5 heteroatoms. The predicted octanol–water partition coefficient (Wildman–Crippen LogP) is 3.66. The number of rotatable bonds is 2. The van der Waals surface area contributed by atoms with Crippen molar-refractivity contribution < 1.29 is 4.52 Å². The highest BCUT2D eigenvalue weighted by molar-refractivity contribution is 5.81. The van der Waals surface area contributed by atoms with Gasteiger partial charge in [0.25, 0.3) is 5.56 Å². The second-order valence-electron chi connectivity index (χ2n) is 5.77. The number of nitrogens with zero attached hydrogens (tertiary/aromatic N) is 3. The second-order valence-corrected chi connectivity index (χ2v) is 5.77. The Morgan fingerprint density at radius 1 is 1.00 bits per heavy atom. The van der Waals surface area contributed by atoms with E-state index in [-0.39, 0.29) is 5.56 Å². The number of hydrogen-bond acceptors (Lipinski definition) is 4. The van der Waals surface area contributed by atoms with Gasteiger partial charge >= 0.3 is 0 Å². The highest BCUT2D eigenvalue weighted by Crippen LogP contribution is 2.22. The van der Waals surface area contributed by atoms with E-state index >= 15 is 0 Å². The van der Waals surface area contributed by atoms with E-state index in [4.69, 9.17) is 9.51 Å². The fourth-order valence-electron chi connectivity index (χ4n) is 2.74. The minimum Gasteiger partial charge on any atom is -0.338 e. The van der Waals surface area contributed by atoms with E-state index in [1.165, 1.54) is 4.57 Å². The van der Waals surface area contributed by atoms with Crippen molar-refractivity contribution in [2.24, 2.45) is 0 Å². The van der Waals surface area contributed by atoms with Crippen LogP contribution in [0.15, 0.2) is 63.9 Å². The summed E-state index contributed by atoms with van der Waals surface area (Å²) in [5.74, 6) is 0.903. The molecular formula is C19H15N3O2. The molecule has 0 radical (unpaired) electrons. The van der Waals surface area contributed by atoms with Gasteiger partial charge in [-0.05, 0) is 26.0 Å². The Kier molecular flexibility index (Phi) is 3.27. The molecule has 0 spiro atoms. The van der Waals surface area contributed by atoms with E-state index in [2.05, 4.69) is 5.16 Å². The molecule has 2 aromatic carbocycles. The smallest absolute Gasteiger partial charge is 0.268 e. The summed E-state index contributed by atoms with van der Waals surface area (Å²) in [6.45, 7) is 3.77. The summed E-state index contributed by atoms with van der Waals surface area (Å²) in [5.41, 5.74) is 3.05. The van der Waals surface area contributed by atoms with E-state index < -0.39 is 0 Å². The maximum atomic E-state index is 13.1. The van der Waals surface area contributed by atoms with Gasteiger partial charge in [-0.3, -0.25) is 4.79 Å². The van der Waals surface area contributed by atoms with E-state index in [0.717, 1.165) is 11.1 Å². The Labute approximate surface area is 138 Å². The van der Waals surface area contributed by atoms with Crippen molar-refractivity contribution in [1.82, 2.24) is 14.7 Å². The van der Waals surface area contributed by atoms with E-state index in [1.54, 1.807) is 6.07 Å². The number of hydrogen-bond donors (Lipinski definition) is 0. The van der Waals surface area contributed by atoms with Gasteiger partial charge in [-0.25, -0.2) is 9.55 Å². The number of fused-ring (bicyclic) bond motifs is 1. The van der Waals surface area contributed by atoms with Crippen LogP contribution in [0.25, 0.3) is 28.2 Å².